The number of hydrogen-bond donors (Lipinski definition) is 1. The van der Waals surface area contributed by atoms with Gasteiger partial charge in [-0.25, -0.2) is 0 Å². The van der Waals surface area contributed by atoms with Gasteiger partial charge in [-0.15, -0.1) is 0 Å². The molecule has 0 fully saturated rings. The van der Waals surface area contributed by atoms with Crippen molar-refractivity contribution in [1.82, 2.24) is 10.1 Å². The molecule has 2 rings (SSSR count). The van der Waals surface area contributed by atoms with E-state index in [0.29, 0.717) is 24.5 Å². The smallest absolute Gasteiger partial charge is 0.253 e. The number of carbonyl (C=O) groups excluding carboxylic acids is 1. The molecule has 0 radical (unpaired) electrons. The Morgan fingerprint density at radius 1 is 1.36 bits per heavy atom. The first-order valence-corrected chi connectivity index (χ1v) is 8.24. The van der Waals surface area contributed by atoms with Crippen molar-refractivity contribution in [2.24, 2.45) is 5.41 Å². The van der Waals surface area contributed by atoms with Crippen LogP contribution < -0.4 is 4.74 Å². The van der Waals surface area contributed by atoms with E-state index in [9.17, 15) is 9.90 Å². The topological polar surface area (TPSA) is 75.8 Å². The third-order valence-electron chi connectivity index (χ3n) is 4.09. The average Bonchev–Trinajstić information content (AvgIpc) is 2.90. The number of nitrogens with zero attached hydrogens (tertiary/aromatic N) is 2. The highest BCUT2D eigenvalue weighted by atomic mass is 16.5. The van der Waals surface area contributed by atoms with Gasteiger partial charge in [-0.3, -0.25) is 4.79 Å². The number of rotatable bonds is 7. The number of hydrogen-bond acceptors (Lipinski definition) is 5. The van der Waals surface area contributed by atoms with E-state index in [1.807, 2.05) is 33.8 Å². The van der Waals surface area contributed by atoms with Crippen molar-refractivity contribution >= 4 is 5.91 Å². The van der Waals surface area contributed by atoms with Crippen LogP contribution in [-0.2, 0) is 6.61 Å². The van der Waals surface area contributed by atoms with Crippen molar-refractivity contribution in [3.8, 4) is 5.75 Å². The SMILES string of the molecule is Cc1noc(C)c1COc1cccc(C(=O)N(C)CC(C)(C)CO)c1. The van der Waals surface area contributed by atoms with Gasteiger partial charge in [0.05, 0.1) is 11.3 Å². The van der Waals surface area contributed by atoms with Gasteiger partial charge >= 0.3 is 0 Å². The summed E-state index contributed by atoms with van der Waals surface area (Å²) in [4.78, 5) is 14.2. The van der Waals surface area contributed by atoms with Crippen molar-refractivity contribution in [2.45, 2.75) is 34.3 Å². The summed E-state index contributed by atoms with van der Waals surface area (Å²) in [6.45, 7) is 8.37. The van der Waals surface area contributed by atoms with Gasteiger partial charge in [0.2, 0.25) is 0 Å². The van der Waals surface area contributed by atoms with Crippen LogP contribution in [0.25, 0.3) is 0 Å². The number of aliphatic hydroxyl groups excluding tert-OH is 1. The molecule has 6 nitrogen and oxygen atoms in total. The van der Waals surface area contributed by atoms with Gasteiger partial charge < -0.3 is 19.3 Å². The number of carbonyl (C=O) groups is 1. The van der Waals surface area contributed by atoms with Crippen LogP contribution in [0.2, 0.25) is 0 Å². The van der Waals surface area contributed by atoms with Crippen molar-refractivity contribution in [3.05, 3.63) is 46.8 Å². The van der Waals surface area contributed by atoms with Crippen LogP contribution in [0.4, 0.5) is 0 Å². The van der Waals surface area contributed by atoms with Gasteiger partial charge in [0.15, 0.2) is 0 Å². The normalized spacial score (nSPS) is 11.4. The zero-order valence-corrected chi connectivity index (χ0v) is 15.5. The Bertz CT molecular complexity index is 717. The van der Waals surface area contributed by atoms with Crippen LogP contribution in [0.5, 0.6) is 5.75 Å². The maximum absolute atomic E-state index is 12.6. The minimum atomic E-state index is -0.345. The maximum Gasteiger partial charge on any atom is 0.253 e. The second-order valence-corrected chi connectivity index (χ2v) is 7.10. The second-order valence-electron chi connectivity index (χ2n) is 7.10. The zero-order valence-electron chi connectivity index (χ0n) is 15.5. The van der Waals surface area contributed by atoms with Gasteiger partial charge in [0.25, 0.3) is 5.91 Å². The Morgan fingerprint density at radius 3 is 2.68 bits per heavy atom. The van der Waals surface area contributed by atoms with E-state index in [1.54, 1.807) is 30.1 Å². The molecule has 0 saturated heterocycles. The van der Waals surface area contributed by atoms with Gasteiger partial charge in [-0.05, 0) is 32.0 Å². The molecule has 136 valence electrons. The Kier molecular flexibility index (Phi) is 5.85. The molecule has 0 spiro atoms. The molecule has 0 unspecified atom stereocenters. The number of ether oxygens (including phenoxy) is 1. The number of aryl methyl sites for hydroxylation is 2. The van der Waals surface area contributed by atoms with Crippen LogP contribution in [-0.4, -0.2) is 41.3 Å². The first-order chi connectivity index (χ1) is 11.7. The molecule has 1 N–H and O–H groups in total. The predicted molar refractivity (Wildman–Crippen MR) is 94.6 cm³/mol. The molecule has 1 aromatic heterocycles. The highest BCUT2D eigenvalue weighted by molar-refractivity contribution is 5.94. The van der Waals surface area contributed by atoms with Crippen LogP contribution in [0, 0.1) is 19.3 Å². The highest BCUT2D eigenvalue weighted by Crippen LogP contribution is 2.21. The molecule has 0 bridgehead atoms. The first kappa shape index (κ1) is 19.0. The molecular weight excluding hydrogens is 320 g/mol. The van der Waals surface area contributed by atoms with E-state index in [-0.39, 0.29) is 17.9 Å². The molecule has 0 aliphatic carbocycles. The molecule has 1 aromatic carbocycles. The van der Waals surface area contributed by atoms with Gasteiger partial charge in [0, 0.05) is 31.2 Å². The number of aliphatic hydroxyl groups is 1. The lowest BCUT2D eigenvalue weighted by atomic mass is 9.94. The lowest BCUT2D eigenvalue weighted by molar-refractivity contribution is 0.0663. The summed E-state index contributed by atoms with van der Waals surface area (Å²) in [6.07, 6.45) is 0. The summed E-state index contributed by atoms with van der Waals surface area (Å²) in [5.74, 6) is 1.24. The van der Waals surface area contributed by atoms with Crippen molar-refractivity contribution in [3.63, 3.8) is 0 Å². The Morgan fingerprint density at radius 2 is 2.08 bits per heavy atom. The number of amides is 1. The van der Waals surface area contributed by atoms with E-state index in [4.69, 9.17) is 9.26 Å². The van der Waals surface area contributed by atoms with Gasteiger partial charge in [0.1, 0.15) is 18.1 Å². The summed E-state index contributed by atoms with van der Waals surface area (Å²) >= 11 is 0. The Hall–Kier alpha value is -2.34. The van der Waals surface area contributed by atoms with Gasteiger partial charge in [-0.1, -0.05) is 25.1 Å². The van der Waals surface area contributed by atoms with Crippen LogP contribution in [0.15, 0.2) is 28.8 Å². The number of benzene rings is 1. The molecule has 25 heavy (non-hydrogen) atoms. The summed E-state index contributed by atoms with van der Waals surface area (Å²) < 4.78 is 10.9. The quantitative estimate of drug-likeness (QED) is 0.834. The van der Waals surface area contributed by atoms with Crippen LogP contribution in [0.1, 0.15) is 41.2 Å². The van der Waals surface area contributed by atoms with E-state index in [0.717, 1.165) is 17.0 Å². The molecule has 1 amide bonds. The van der Waals surface area contributed by atoms with Crippen molar-refractivity contribution in [2.75, 3.05) is 20.2 Å². The summed E-state index contributed by atoms with van der Waals surface area (Å²) in [5.41, 5.74) is 1.92. The largest absolute Gasteiger partial charge is 0.489 e. The maximum atomic E-state index is 12.6. The molecule has 6 heteroatoms. The average molecular weight is 346 g/mol. The summed E-state index contributed by atoms with van der Waals surface area (Å²) in [6, 6.07) is 7.09. The molecular formula is C19H26N2O4. The zero-order chi connectivity index (χ0) is 18.6. The lowest BCUT2D eigenvalue weighted by Crippen LogP contribution is -2.37. The first-order valence-electron chi connectivity index (χ1n) is 8.24. The fourth-order valence-electron chi connectivity index (χ4n) is 2.57. The summed E-state index contributed by atoms with van der Waals surface area (Å²) in [5, 5.41) is 13.3. The lowest BCUT2D eigenvalue weighted by Gasteiger charge is -2.28. The monoisotopic (exact) mass is 346 g/mol. The Labute approximate surface area is 148 Å². The molecule has 0 saturated carbocycles. The Balaban J connectivity index is 2.06. The minimum absolute atomic E-state index is 0.0191. The molecule has 0 atom stereocenters. The van der Waals surface area contributed by atoms with Crippen molar-refractivity contribution in [1.29, 1.82) is 0 Å². The highest BCUT2D eigenvalue weighted by Gasteiger charge is 2.22. The fourth-order valence-corrected chi connectivity index (χ4v) is 2.57. The van der Waals surface area contributed by atoms with Crippen LogP contribution in [0.3, 0.4) is 0 Å². The van der Waals surface area contributed by atoms with E-state index in [2.05, 4.69) is 5.16 Å². The van der Waals surface area contributed by atoms with Crippen LogP contribution >= 0.6 is 0 Å². The fraction of sp³-hybridized carbons (Fsp3) is 0.474. The second kappa shape index (κ2) is 7.70. The standard InChI is InChI=1S/C19H26N2O4/c1-13-17(14(2)25-20-13)10-24-16-8-6-7-15(9-16)18(23)21(5)11-19(3,4)12-22/h6-9,22H,10-12H2,1-5H3. The summed E-state index contributed by atoms with van der Waals surface area (Å²) in [7, 11) is 1.73. The minimum Gasteiger partial charge on any atom is -0.489 e. The van der Waals surface area contributed by atoms with E-state index >= 15 is 0 Å². The van der Waals surface area contributed by atoms with E-state index in [1.165, 1.54) is 0 Å². The predicted octanol–water partition coefficient (Wildman–Crippen LogP) is 2.96. The van der Waals surface area contributed by atoms with Crippen molar-refractivity contribution < 1.29 is 19.2 Å². The van der Waals surface area contributed by atoms with Gasteiger partial charge in [-0.2, -0.15) is 0 Å². The third kappa shape index (κ3) is 4.82. The molecule has 0 aliphatic heterocycles. The molecule has 2 aromatic rings. The van der Waals surface area contributed by atoms with E-state index < -0.39 is 0 Å². The number of aromatic nitrogens is 1. The molecule has 0 aliphatic rings. The molecule has 1 heterocycles. The third-order valence-corrected chi connectivity index (χ3v) is 4.09.